The Bertz CT molecular complexity index is 119. The maximum Gasteiger partial charge on any atom is 0.0332 e. The molecular formula is C11H26N2. The summed E-state index contributed by atoms with van der Waals surface area (Å²) in [5, 5.41) is 3.43. The van der Waals surface area contributed by atoms with Crippen molar-refractivity contribution in [2.45, 2.75) is 46.1 Å². The van der Waals surface area contributed by atoms with Crippen LogP contribution in [0.15, 0.2) is 0 Å². The minimum Gasteiger partial charge on any atom is -0.314 e. The lowest BCUT2D eigenvalue weighted by molar-refractivity contribution is 0.180. The van der Waals surface area contributed by atoms with Crippen LogP contribution in [0.3, 0.4) is 0 Å². The zero-order valence-electron chi connectivity index (χ0n) is 9.98. The van der Waals surface area contributed by atoms with Crippen molar-refractivity contribution in [3.05, 3.63) is 0 Å². The van der Waals surface area contributed by atoms with Gasteiger partial charge in [-0.1, -0.05) is 27.7 Å². The van der Waals surface area contributed by atoms with Crippen molar-refractivity contribution >= 4 is 0 Å². The van der Waals surface area contributed by atoms with E-state index in [1.54, 1.807) is 0 Å². The van der Waals surface area contributed by atoms with Crippen LogP contribution < -0.4 is 5.32 Å². The molecule has 1 saturated carbocycles. The highest BCUT2D eigenvalue weighted by Gasteiger charge is 2.46. The molecule has 1 saturated heterocycles. The Hall–Kier alpha value is -0.0800. The molecule has 1 N–H and O–H groups in total. The quantitative estimate of drug-likeness (QED) is 0.623. The normalized spacial score (nSPS) is 23.8. The molecule has 1 spiro atoms. The molecule has 1 heterocycles. The van der Waals surface area contributed by atoms with Gasteiger partial charge in [-0.05, 0) is 19.9 Å². The molecule has 2 aliphatic rings. The van der Waals surface area contributed by atoms with Crippen LogP contribution in [0.2, 0.25) is 0 Å². The Morgan fingerprint density at radius 2 is 1.62 bits per heavy atom. The third kappa shape index (κ3) is 3.28. The molecule has 0 unspecified atom stereocenters. The molecule has 80 valence electrons. The van der Waals surface area contributed by atoms with E-state index in [-0.39, 0.29) is 0 Å². The summed E-state index contributed by atoms with van der Waals surface area (Å²) in [6.45, 7) is 11.6. The second-order valence-corrected chi connectivity index (χ2v) is 3.32. The van der Waals surface area contributed by atoms with E-state index in [4.69, 9.17) is 0 Å². The summed E-state index contributed by atoms with van der Waals surface area (Å²) in [5.41, 5.74) is 0.609. The minimum absolute atomic E-state index is 0.609. The van der Waals surface area contributed by atoms with Gasteiger partial charge in [0.15, 0.2) is 0 Å². The van der Waals surface area contributed by atoms with Gasteiger partial charge in [0.1, 0.15) is 0 Å². The van der Waals surface area contributed by atoms with Gasteiger partial charge in [0.05, 0.1) is 0 Å². The van der Waals surface area contributed by atoms with Gasteiger partial charge in [-0.2, -0.15) is 0 Å². The first-order valence-corrected chi connectivity index (χ1v) is 5.75. The summed E-state index contributed by atoms with van der Waals surface area (Å²) in [4.78, 5) is 2.50. The van der Waals surface area contributed by atoms with Crippen molar-refractivity contribution in [1.82, 2.24) is 10.2 Å². The Labute approximate surface area is 83.7 Å². The van der Waals surface area contributed by atoms with Crippen molar-refractivity contribution < 1.29 is 0 Å². The number of rotatable bonds is 0. The highest BCUT2D eigenvalue weighted by molar-refractivity contribution is 5.06. The monoisotopic (exact) mass is 186 g/mol. The van der Waals surface area contributed by atoms with Crippen LogP contribution in [-0.2, 0) is 0 Å². The summed E-state index contributed by atoms with van der Waals surface area (Å²) < 4.78 is 0. The fourth-order valence-electron chi connectivity index (χ4n) is 1.64. The van der Waals surface area contributed by atoms with E-state index in [2.05, 4.69) is 17.3 Å². The molecule has 0 atom stereocenters. The van der Waals surface area contributed by atoms with Gasteiger partial charge in [-0.3, -0.25) is 4.90 Å². The topological polar surface area (TPSA) is 15.3 Å². The van der Waals surface area contributed by atoms with Crippen LogP contribution in [-0.4, -0.2) is 37.1 Å². The largest absolute Gasteiger partial charge is 0.314 e. The van der Waals surface area contributed by atoms with E-state index in [1.807, 2.05) is 27.7 Å². The number of likely N-dealkylation sites (N-methyl/N-ethyl adjacent to an activating group) is 1. The van der Waals surface area contributed by atoms with Crippen molar-refractivity contribution in [3.8, 4) is 0 Å². The molecule has 1 aliphatic heterocycles. The maximum atomic E-state index is 3.43. The number of piperazine rings is 1. The molecule has 0 aromatic carbocycles. The molecule has 2 rings (SSSR count). The van der Waals surface area contributed by atoms with Crippen LogP contribution in [0.1, 0.15) is 40.5 Å². The fourth-order valence-corrected chi connectivity index (χ4v) is 1.64. The van der Waals surface area contributed by atoms with Gasteiger partial charge in [0.2, 0.25) is 0 Å². The summed E-state index contributed by atoms with van der Waals surface area (Å²) in [6, 6.07) is 0. The molecule has 0 bridgehead atoms. The van der Waals surface area contributed by atoms with Crippen LogP contribution in [0, 0.1) is 0 Å². The van der Waals surface area contributed by atoms with Gasteiger partial charge in [-0.15, -0.1) is 0 Å². The van der Waals surface area contributed by atoms with E-state index < -0.39 is 0 Å². The Balaban J connectivity index is 0.000000322. The summed E-state index contributed by atoms with van der Waals surface area (Å²) in [7, 11) is 2.24. The molecule has 0 radical (unpaired) electrons. The third-order valence-electron chi connectivity index (χ3n) is 2.71. The van der Waals surface area contributed by atoms with Crippen LogP contribution in [0.4, 0.5) is 0 Å². The molecule has 0 aromatic rings. The predicted molar refractivity (Wildman–Crippen MR) is 60.2 cm³/mol. The zero-order valence-corrected chi connectivity index (χ0v) is 9.98. The van der Waals surface area contributed by atoms with E-state index in [9.17, 15) is 0 Å². The Morgan fingerprint density at radius 3 is 1.92 bits per heavy atom. The van der Waals surface area contributed by atoms with Crippen molar-refractivity contribution in [2.24, 2.45) is 0 Å². The number of hydrogen-bond acceptors (Lipinski definition) is 2. The van der Waals surface area contributed by atoms with E-state index >= 15 is 0 Å². The van der Waals surface area contributed by atoms with E-state index in [0.717, 1.165) is 0 Å². The number of hydrogen-bond donors (Lipinski definition) is 1. The third-order valence-corrected chi connectivity index (χ3v) is 2.71. The first kappa shape index (κ1) is 12.9. The van der Waals surface area contributed by atoms with Gasteiger partial charge >= 0.3 is 0 Å². The first-order chi connectivity index (χ1) is 6.33. The van der Waals surface area contributed by atoms with E-state index in [0.29, 0.717) is 5.54 Å². The molecule has 2 heteroatoms. The van der Waals surface area contributed by atoms with Crippen molar-refractivity contribution in [2.75, 3.05) is 26.7 Å². The van der Waals surface area contributed by atoms with Gasteiger partial charge in [0.25, 0.3) is 0 Å². The molecule has 2 fully saturated rings. The standard InChI is InChI=1S/C7H14N2.2C2H6/c1-9-5-4-8-6-7(9)2-3-7;2*1-2/h8H,2-6H2,1H3;2*1-2H3. The second-order valence-electron chi connectivity index (χ2n) is 3.32. The van der Waals surface area contributed by atoms with Crippen LogP contribution in [0.25, 0.3) is 0 Å². The van der Waals surface area contributed by atoms with E-state index in [1.165, 1.54) is 32.5 Å². The van der Waals surface area contributed by atoms with Gasteiger partial charge < -0.3 is 5.32 Å². The summed E-state index contributed by atoms with van der Waals surface area (Å²) >= 11 is 0. The summed E-state index contributed by atoms with van der Waals surface area (Å²) in [5.74, 6) is 0. The minimum atomic E-state index is 0.609. The first-order valence-electron chi connectivity index (χ1n) is 5.75. The average Bonchev–Trinajstić information content (AvgIpc) is 2.98. The highest BCUT2D eigenvalue weighted by atomic mass is 15.3. The molecule has 2 nitrogen and oxygen atoms in total. The lowest BCUT2D eigenvalue weighted by atomic mass is 10.2. The lowest BCUT2D eigenvalue weighted by Crippen LogP contribution is -2.51. The van der Waals surface area contributed by atoms with Gasteiger partial charge in [0, 0.05) is 25.2 Å². The van der Waals surface area contributed by atoms with Crippen molar-refractivity contribution in [3.63, 3.8) is 0 Å². The molecule has 0 aromatic heterocycles. The molecule has 13 heavy (non-hydrogen) atoms. The highest BCUT2D eigenvalue weighted by Crippen LogP contribution is 2.40. The van der Waals surface area contributed by atoms with Crippen LogP contribution in [0.5, 0.6) is 0 Å². The smallest absolute Gasteiger partial charge is 0.0332 e. The Kier molecular flexibility index (Phi) is 6.35. The second kappa shape index (κ2) is 6.39. The van der Waals surface area contributed by atoms with Crippen LogP contribution >= 0.6 is 0 Å². The maximum absolute atomic E-state index is 3.43. The predicted octanol–water partition coefficient (Wildman–Crippen LogP) is 2.11. The Morgan fingerprint density at radius 1 is 1.08 bits per heavy atom. The zero-order chi connectivity index (χ0) is 10.3. The lowest BCUT2D eigenvalue weighted by Gasteiger charge is -2.33. The average molecular weight is 186 g/mol. The SMILES string of the molecule is CC.CC.CN1CCNCC12CC2. The fraction of sp³-hybridized carbons (Fsp3) is 1.00. The number of nitrogens with zero attached hydrogens (tertiary/aromatic N) is 1. The molecule has 0 amide bonds. The van der Waals surface area contributed by atoms with Gasteiger partial charge in [-0.25, -0.2) is 0 Å². The molecular weight excluding hydrogens is 160 g/mol. The summed E-state index contributed by atoms with van der Waals surface area (Å²) in [6.07, 6.45) is 2.83. The number of nitrogens with one attached hydrogen (secondary N) is 1. The molecule has 1 aliphatic carbocycles. The van der Waals surface area contributed by atoms with Crippen molar-refractivity contribution in [1.29, 1.82) is 0 Å².